The van der Waals surface area contributed by atoms with Crippen molar-refractivity contribution in [2.24, 2.45) is 5.92 Å². The van der Waals surface area contributed by atoms with E-state index in [1.807, 2.05) is 28.0 Å². The van der Waals surface area contributed by atoms with Crippen LogP contribution in [0.3, 0.4) is 0 Å². The average molecular weight is 332 g/mol. The third-order valence-electron chi connectivity index (χ3n) is 4.40. The number of nitrogens with zero attached hydrogens (tertiary/aromatic N) is 2. The van der Waals surface area contributed by atoms with Crippen LogP contribution in [-0.4, -0.2) is 59.0 Å². The van der Waals surface area contributed by atoms with Gasteiger partial charge in [0.15, 0.2) is 0 Å². The van der Waals surface area contributed by atoms with Crippen molar-refractivity contribution in [3.8, 4) is 0 Å². The summed E-state index contributed by atoms with van der Waals surface area (Å²) in [7, 11) is 0. The molecule has 1 fully saturated rings. The van der Waals surface area contributed by atoms with Crippen molar-refractivity contribution in [1.82, 2.24) is 9.80 Å². The Balaban J connectivity index is 1.92. The molecule has 1 amide bonds. The molecule has 0 saturated carbocycles. The van der Waals surface area contributed by atoms with Gasteiger partial charge in [0.25, 0.3) is 0 Å². The predicted molar refractivity (Wildman–Crippen MR) is 93.8 cm³/mol. The molecular weight excluding hydrogens is 304 g/mol. The Hall–Kier alpha value is -1.88. The van der Waals surface area contributed by atoms with Gasteiger partial charge in [0.2, 0.25) is 5.91 Å². The number of aliphatic carboxylic acids is 1. The van der Waals surface area contributed by atoms with Crippen LogP contribution in [0.15, 0.2) is 30.3 Å². The van der Waals surface area contributed by atoms with E-state index in [-0.39, 0.29) is 12.3 Å². The maximum absolute atomic E-state index is 12.7. The number of hydrogen-bond donors (Lipinski definition) is 1. The summed E-state index contributed by atoms with van der Waals surface area (Å²) in [6.45, 7) is 7.09. The normalized spacial score (nSPS) is 19.0. The highest BCUT2D eigenvalue weighted by atomic mass is 16.4. The van der Waals surface area contributed by atoms with Gasteiger partial charge in [-0.25, -0.2) is 0 Å². The highest BCUT2D eigenvalue weighted by Crippen LogP contribution is 2.17. The lowest BCUT2D eigenvalue weighted by molar-refractivity contribution is -0.149. The zero-order valence-electron chi connectivity index (χ0n) is 14.6. The topological polar surface area (TPSA) is 60.9 Å². The quantitative estimate of drug-likeness (QED) is 0.793. The molecule has 5 heteroatoms. The lowest BCUT2D eigenvalue weighted by Gasteiger charge is -2.41. The molecule has 0 spiro atoms. The molecule has 0 aromatic heterocycles. The summed E-state index contributed by atoms with van der Waals surface area (Å²) in [5.74, 6) is -0.524. The Bertz CT molecular complexity index is 545. The van der Waals surface area contributed by atoms with Crippen molar-refractivity contribution < 1.29 is 14.7 Å². The zero-order valence-corrected chi connectivity index (χ0v) is 14.6. The fourth-order valence-corrected chi connectivity index (χ4v) is 3.29. The summed E-state index contributed by atoms with van der Waals surface area (Å²) in [4.78, 5) is 27.7. The van der Waals surface area contributed by atoms with Crippen LogP contribution in [0.1, 0.15) is 32.3 Å². The van der Waals surface area contributed by atoms with Gasteiger partial charge in [0.05, 0.1) is 12.5 Å². The second-order valence-electron chi connectivity index (χ2n) is 6.92. The first-order valence-electron chi connectivity index (χ1n) is 8.76. The van der Waals surface area contributed by atoms with E-state index in [0.29, 0.717) is 19.0 Å². The minimum absolute atomic E-state index is 0.0302. The number of benzene rings is 1. The molecule has 0 aliphatic carbocycles. The first-order chi connectivity index (χ1) is 11.5. The molecule has 1 aliphatic heterocycles. The molecule has 1 unspecified atom stereocenters. The van der Waals surface area contributed by atoms with Crippen molar-refractivity contribution in [2.75, 3.05) is 26.2 Å². The van der Waals surface area contributed by atoms with E-state index in [4.69, 9.17) is 5.11 Å². The number of hydrogen-bond acceptors (Lipinski definition) is 3. The molecule has 1 heterocycles. The number of carbonyl (C=O) groups excluding carboxylic acids is 1. The van der Waals surface area contributed by atoms with Crippen LogP contribution in [-0.2, 0) is 16.0 Å². The maximum Gasteiger partial charge on any atom is 0.305 e. The Kier molecular flexibility index (Phi) is 6.79. The number of carboxylic acids is 1. The Morgan fingerprint density at radius 1 is 1.25 bits per heavy atom. The van der Waals surface area contributed by atoms with Gasteiger partial charge >= 0.3 is 5.97 Å². The highest BCUT2D eigenvalue weighted by molar-refractivity contribution is 5.86. The SMILES string of the molecule is CC(C)CN1CCN(CCCc2ccccc2)C(=O)C1CC(=O)O. The van der Waals surface area contributed by atoms with Crippen LogP contribution >= 0.6 is 0 Å². The maximum atomic E-state index is 12.7. The Morgan fingerprint density at radius 3 is 2.58 bits per heavy atom. The van der Waals surface area contributed by atoms with Crippen LogP contribution in [0.4, 0.5) is 0 Å². The molecule has 1 aromatic carbocycles. The minimum atomic E-state index is -0.909. The van der Waals surface area contributed by atoms with Crippen molar-refractivity contribution in [1.29, 1.82) is 0 Å². The number of aryl methyl sites for hydroxylation is 1. The summed E-state index contributed by atoms with van der Waals surface area (Å²) in [6, 6.07) is 9.71. The van der Waals surface area contributed by atoms with Crippen molar-refractivity contribution >= 4 is 11.9 Å². The van der Waals surface area contributed by atoms with E-state index in [0.717, 1.165) is 25.9 Å². The fraction of sp³-hybridized carbons (Fsp3) is 0.579. The summed E-state index contributed by atoms with van der Waals surface area (Å²) < 4.78 is 0. The standard InChI is InChI=1S/C19H28N2O3/c1-15(2)14-21-12-11-20(19(24)17(21)13-18(22)23)10-6-9-16-7-4-3-5-8-16/h3-5,7-8,15,17H,6,9-14H2,1-2H3,(H,22,23). The minimum Gasteiger partial charge on any atom is -0.481 e. The molecular formula is C19H28N2O3. The predicted octanol–water partition coefficient (Wildman–Crippen LogP) is 2.26. The third-order valence-corrected chi connectivity index (χ3v) is 4.40. The number of carbonyl (C=O) groups is 2. The van der Waals surface area contributed by atoms with E-state index in [9.17, 15) is 9.59 Å². The first-order valence-corrected chi connectivity index (χ1v) is 8.76. The number of carboxylic acid groups (broad SMARTS) is 1. The molecule has 24 heavy (non-hydrogen) atoms. The fourth-order valence-electron chi connectivity index (χ4n) is 3.29. The summed E-state index contributed by atoms with van der Waals surface area (Å²) >= 11 is 0. The molecule has 2 rings (SSSR count). The second-order valence-corrected chi connectivity index (χ2v) is 6.92. The largest absolute Gasteiger partial charge is 0.481 e. The van der Waals surface area contributed by atoms with E-state index in [2.05, 4.69) is 26.0 Å². The van der Waals surface area contributed by atoms with Gasteiger partial charge < -0.3 is 10.0 Å². The van der Waals surface area contributed by atoms with Crippen LogP contribution in [0.25, 0.3) is 0 Å². The van der Waals surface area contributed by atoms with E-state index < -0.39 is 12.0 Å². The van der Waals surface area contributed by atoms with Gasteiger partial charge in [-0.05, 0) is 24.3 Å². The molecule has 0 bridgehead atoms. The van der Waals surface area contributed by atoms with Crippen molar-refractivity contribution in [3.05, 3.63) is 35.9 Å². The number of amides is 1. The molecule has 1 aliphatic rings. The molecule has 1 aromatic rings. The van der Waals surface area contributed by atoms with Crippen LogP contribution in [0.5, 0.6) is 0 Å². The number of piperazine rings is 1. The first kappa shape index (κ1) is 18.5. The summed E-state index contributed by atoms with van der Waals surface area (Å²) in [5, 5.41) is 9.15. The Morgan fingerprint density at radius 2 is 1.96 bits per heavy atom. The third kappa shape index (κ3) is 5.34. The van der Waals surface area contributed by atoms with Gasteiger partial charge in [-0.2, -0.15) is 0 Å². The summed E-state index contributed by atoms with van der Waals surface area (Å²) in [5.41, 5.74) is 1.27. The Labute approximate surface area is 144 Å². The lowest BCUT2D eigenvalue weighted by atomic mass is 10.0. The van der Waals surface area contributed by atoms with Crippen LogP contribution in [0, 0.1) is 5.92 Å². The lowest BCUT2D eigenvalue weighted by Crippen LogP contribution is -2.58. The molecule has 5 nitrogen and oxygen atoms in total. The van der Waals surface area contributed by atoms with Gasteiger partial charge in [0.1, 0.15) is 0 Å². The average Bonchev–Trinajstić information content (AvgIpc) is 2.53. The van der Waals surface area contributed by atoms with Crippen LogP contribution in [0.2, 0.25) is 0 Å². The monoisotopic (exact) mass is 332 g/mol. The van der Waals surface area contributed by atoms with Gasteiger partial charge in [-0.3, -0.25) is 14.5 Å². The van der Waals surface area contributed by atoms with E-state index >= 15 is 0 Å². The van der Waals surface area contributed by atoms with E-state index in [1.54, 1.807) is 0 Å². The van der Waals surface area contributed by atoms with Gasteiger partial charge in [-0.15, -0.1) is 0 Å². The summed E-state index contributed by atoms with van der Waals surface area (Å²) in [6.07, 6.45) is 1.73. The highest BCUT2D eigenvalue weighted by Gasteiger charge is 2.35. The molecule has 0 radical (unpaired) electrons. The molecule has 1 N–H and O–H groups in total. The van der Waals surface area contributed by atoms with Crippen molar-refractivity contribution in [2.45, 2.75) is 39.2 Å². The molecule has 132 valence electrons. The van der Waals surface area contributed by atoms with E-state index in [1.165, 1.54) is 5.56 Å². The zero-order chi connectivity index (χ0) is 17.5. The van der Waals surface area contributed by atoms with Gasteiger partial charge in [0, 0.05) is 26.2 Å². The second kappa shape index (κ2) is 8.83. The van der Waals surface area contributed by atoms with Gasteiger partial charge in [-0.1, -0.05) is 44.2 Å². The van der Waals surface area contributed by atoms with Crippen LogP contribution < -0.4 is 0 Å². The molecule has 1 saturated heterocycles. The smallest absolute Gasteiger partial charge is 0.305 e. The molecule has 1 atom stereocenters. The van der Waals surface area contributed by atoms with Crippen molar-refractivity contribution in [3.63, 3.8) is 0 Å². The number of rotatable bonds is 8.